The summed E-state index contributed by atoms with van der Waals surface area (Å²) in [7, 11) is 0. The van der Waals surface area contributed by atoms with Crippen LogP contribution in [0, 0.1) is 0 Å². The van der Waals surface area contributed by atoms with E-state index in [0.717, 1.165) is 25.7 Å². The number of hydrogen-bond acceptors (Lipinski definition) is 1. The second kappa shape index (κ2) is 38.7. The lowest BCUT2D eigenvalue weighted by molar-refractivity contribution is -0.119. The minimum Gasteiger partial charge on any atom is -0.300 e. The summed E-state index contributed by atoms with van der Waals surface area (Å²) in [5, 5.41) is 0. The van der Waals surface area contributed by atoms with E-state index in [1.807, 2.05) is 0 Å². The molecule has 0 spiro atoms. The summed E-state index contributed by atoms with van der Waals surface area (Å²) in [4.78, 5) is 12.2. The fraction of sp³-hybridized carbons (Fsp3) is 0.976. The van der Waals surface area contributed by atoms with Crippen molar-refractivity contribution in [2.24, 2.45) is 0 Å². The molecule has 0 saturated heterocycles. The molecule has 0 bridgehead atoms. The summed E-state index contributed by atoms with van der Waals surface area (Å²) in [6.45, 7) is 4.60. The van der Waals surface area contributed by atoms with Crippen molar-refractivity contribution in [3.63, 3.8) is 0 Å². The first-order valence-corrected chi connectivity index (χ1v) is 20.3. The summed E-state index contributed by atoms with van der Waals surface area (Å²) < 4.78 is 0. The first-order chi connectivity index (χ1) is 20.8. The minimum atomic E-state index is 0.530. The molecule has 42 heavy (non-hydrogen) atoms. The Hall–Kier alpha value is -0.330. The monoisotopic (exact) mass is 591 g/mol. The van der Waals surface area contributed by atoms with Gasteiger partial charge in [-0.1, -0.05) is 232 Å². The smallest absolute Gasteiger partial charge is 0.132 e. The Morgan fingerprint density at radius 1 is 0.238 bits per heavy atom. The van der Waals surface area contributed by atoms with E-state index in [9.17, 15) is 4.79 Å². The first-order valence-electron chi connectivity index (χ1n) is 20.3. The normalized spacial score (nSPS) is 11.5. The number of carbonyl (C=O) groups is 1. The summed E-state index contributed by atoms with van der Waals surface area (Å²) in [5.41, 5.74) is 0. The number of carbonyl (C=O) groups excluding carboxylic acids is 1. The molecule has 0 amide bonds. The zero-order chi connectivity index (χ0) is 30.4. The van der Waals surface area contributed by atoms with Gasteiger partial charge in [-0.05, 0) is 12.8 Å². The molecule has 0 fully saturated rings. The minimum absolute atomic E-state index is 0.530. The average molecular weight is 591 g/mol. The van der Waals surface area contributed by atoms with Crippen LogP contribution in [0.25, 0.3) is 0 Å². The molecule has 0 saturated carbocycles. The predicted molar refractivity (Wildman–Crippen MR) is 192 cm³/mol. The summed E-state index contributed by atoms with van der Waals surface area (Å²) in [6.07, 6.45) is 52.4. The second-order valence-electron chi connectivity index (χ2n) is 14.1. The van der Waals surface area contributed by atoms with E-state index in [1.54, 1.807) is 0 Å². The molecule has 0 atom stereocenters. The van der Waals surface area contributed by atoms with Gasteiger partial charge in [-0.3, -0.25) is 4.79 Å². The number of rotatable bonds is 38. The van der Waals surface area contributed by atoms with Crippen LogP contribution in [0.3, 0.4) is 0 Å². The fourth-order valence-electron chi connectivity index (χ4n) is 6.57. The van der Waals surface area contributed by atoms with Crippen molar-refractivity contribution in [3.8, 4) is 0 Å². The quantitative estimate of drug-likeness (QED) is 0.0654. The molecule has 0 aromatic carbocycles. The van der Waals surface area contributed by atoms with Crippen LogP contribution >= 0.6 is 0 Å². The standard InChI is InChI=1S/C41H82O/c1-3-5-7-9-11-13-15-17-19-20-21-22-23-24-25-26-28-30-32-34-36-38-40-41(42)39-37-35-33-31-29-27-18-16-14-12-10-8-6-4-2/h3-40H2,1-2H3. The fourth-order valence-corrected chi connectivity index (χ4v) is 6.57. The van der Waals surface area contributed by atoms with E-state index >= 15 is 0 Å². The Kier molecular flexibility index (Phi) is 38.4. The van der Waals surface area contributed by atoms with Crippen LogP contribution in [0.1, 0.15) is 258 Å². The van der Waals surface area contributed by atoms with Crippen molar-refractivity contribution in [2.45, 2.75) is 258 Å². The molecule has 0 aliphatic heterocycles. The van der Waals surface area contributed by atoms with Crippen molar-refractivity contribution in [3.05, 3.63) is 0 Å². The third-order valence-corrected chi connectivity index (χ3v) is 9.62. The Labute approximate surface area is 267 Å². The van der Waals surface area contributed by atoms with Crippen molar-refractivity contribution in [1.82, 2.24) is 0 Å². The number of unbranched alkanes of at least 4 members (excludes halogenated alkanes) is 34. The Bertz CT molecular complexity index is 483. The lowest BCUT2D eigenvalue weighted by atomic mass is 10.0. The molecule has 1 nitrogen and oxygen atoms in total. The van der Waals surface area contributed by atoms with Crippen LogP contribution in [0.15, 0.2) is 0 Å². The van der Waals surface area contributed by atoms with Gasteiger partial charge in [0.15, 0.2) is 0 Å². The van der Waals surface area contributed by atoms with Gasteiger partial charge in [0.1, 0.15) is 5.78 Å². The number of ketones is 1. The van der Waals surface area contributed by atoms with Crippen LogP contribution in [-0.2, 0) is 4.79 Å². The van der Waals surface area contributed by atoms with E-state index in [1.165, 1.54) is 218 Å². The van der Waals surface area contributed by atoms with E-state index in [4.69, 9.17) is 0 Å². The lowest BCUT2D eigenvalue weighted by Crippen LogP contribution is -1.97. The maximum Gasteiger partial charge on any atom is 0.132 e. The summed E-state index contributed by atoms with van der Waals surface area (Å²) >= 11 is 0. The van der Waals surface area contributed by atoms with E-state index in [-0.39, 0.29) is 0 Å². The molecule has 0 N–H and O–H groups in total. The first kappa shape index (κ1) is 41.7. The molecule has 0 unspecified atom stereocenters. The van der Waals surface area contributed by atoms with E-state index < -0.39 is 0 Å². The number of hydrogen-bond donors (Lipinski definition) is 0. The van der Waals surface area contributed by atoms with Gasteiger partial charge in [-0.2, -0.15) is 0 Å². The Balaban J connectivity index is 3.13. The van der Waals surface area contributed by atoms with Crippen molar-refractivity contribution in [1.29, 1.82) is 0 Å². The molecule has 0 radical (unpaired) electrons. The van der Waals surface area contributed by atoms with Gasteiger partial charge in [0.25, 0.3) is 0 Å². The Morgan fingerprint density at radius 2 is 0.381 bits per heavy atom. The van der Waals surface area contributed by atoms with Crippen LogP contribution in [0.4, 0.5) is 0 Å². The van der Waals surface area contributed by atoms with Crippen LogP contribution in [-0.4, -0.2) is 5.78 Å². The predicted octanol–water partition coefficient (Wildman–Crippen LogP) is 15.4. The van der Waals surface area contributed by atoms with E-state index in [2.05, 4.69) is 13.8 Å². The highest BCUT2D eigenvalue weighted by atomic mass is 16.1. The highest BCUT2D eigenvalue weighted by Crippen LogP contribution is 2.17. The van der Waals surface area contributed by atoms with Crippen molar-refractivity contribution >= 4 is 5.78 Å². The molecule has 0 heterocycles. The second-order valence-corrected chi connectivity index (χ2v) is 14.1. The molecule has 0 aliphatic carbocycles. The Morgan fingerprint density at radius 3 is 0.548 bits per heavy atom. The molecule has 0 rings (SSSR count). The topological polar surface area (TPSA) is 17.1 Å². The highest BCUT2D eigenvalue weighted by Gasteiger charge is 2.02. The summed E-state index contributed by atoms with van der Waals surface area (Å²) in [5.74, 6) is 0.530. The molecular formula is C41H82O. The van der Waals surface area contributed by atoms with E-state index in [0.29, 0.717) is 5.78 Å². The molecule has 252 valence electrons. The summed E-state index contributed by atoms with van der Waals surface area (Å²) in [6, 6.07) is 0. The molecule has 0 aromatic heterocycles. The van der Waals surface area contributed by atoms with Gasteiger partial charge in [0.05, 0.1) is 0 Å². The molecule has 0 aromatic rings. The van der Waals surface area contributed by atoms with Crippen LogP contribution < -0.4 is 0 Å². The molecule has 0 aliphatic rings. The van der Waals surface area contributed by atoms with Gasteiger partial charge in [-0.25, -0.2) is 0 Å². The maximum absolute atomic E-state index is 12.2. The van der Waals surface area contributed by atoms with Gasteiger partial charge in [0, 0.05) is 12.8 Å². The van der Waals surface area contributed by atoms with Crippen LogP contribution in [0.2, 0.25) is 0 Å². The number of Topliss-reactive ketones (excluding diaryl/α,β-unsaturated/α-hetero) is 1. The largest absolute Gasteiger partial charge is 0.300 e. The SMILES string of the molecule is CCCCCCCCCCCCCCCCCCCCCCCCC(=O)CCCCCCCCCCCCCCCC. The van der Waals surface area contributed by atoms with Gasteiger partial charge in [0.2, 0.25) is 0 Å². The van der Waals surface area contributed by atoms with Crippen molar-refractivity contribution in [2.75, 3.05) is 0 Å². The van der Waals surface area contributed by atoms with Gasteiger partial charge < -0.3 is 0 Å². The maximum atomic E-state index is 12.2. The zero-order valence-corrected chi connectivity index (χ0v) is 29.8. The average Bonchev–Trinajstić information content (AvgIpc) is 3.00. The van der Waals surface area contributed by atoms with Gasteiger partial charge in [-0.15, -0.1) is 0 Å². The zero-order valence-electron chi connectivity index (χ0n) is 29.8. The third-order valence-electron chi connectivity index (χ3n) is 9.62. The third kappa shape index (κ3) is 37.7. The van der Waals surface area contributed by atoms with Crippen molar-refractivity contribution < 1.29 is 4.79 Å². The van der Waals surface area contributed by atoms with Gasteiger partial charge >= 0.3 is 0 Å². The van der Waals surface area contributed by atoms with Crippen LogP contribution in [0.5, 0.6) is 0 Å². The highest BCUT2D eigenvalue weighted by molar-refractivity contribution is 5.78. The molecular weight excluding hydrogens is 508 g/mol. The molecule has 1 heteroatoms. The lowest BCUT2D eigenvalue weighted by Gasteiger charge is -2.05.